The van der Waals surface area contributed by atoms with Crippen LogP contribution in [0.3, 0.4) is 0 Å². The third-order valence-electron chi connectivity index (χ3n) is 4.28. The SMILES string of the molecule is Cl.Cl.Clc1cc(-c2cnc(Nc3cccc(C4CCNCC4)n3)s2)ccn1. The number of pyridine rings is 2. The summed E-state index contributed by atoms with van der Waals surface area (Å²) < 4.78 is 0. The minimum Gasteiger partial charge on any atom is -0.317 e. The van der Waals surface area contributed by atoms with Gasteiger partial charge >= 0.3 is 0 Å². The second-order valence-corrected chi connectivity index (χ2v) is 7.41. The lowest BCUT2D eigenvalue weighted by molar-refractivity contribution is 0.453. The first-order valence-corrected chi connectivity index (χ1v) is 9.50. The lowest BCUT2D eigenvalue weighted by Crippen LogP contribution is -2.27. The van der Waals surface area contributed by atoms with E-state index in [4.69, 9.17) is 16.6 Å². The summed E-state index contributed by atoms with van der Waals surface area (Å²) in [5.74, 6) is 1.37. The van der Waals surface area contributed by atoms with Gasteiger partial charge in [0.1, 0.15) is 11.0 Å². The molecule has 0 radical (unpaired) electrons. The van der Waals surface area contributed by atoms with E-state index in [0.717, 1.165) is 53.0 Å². The summed E-state index contributed by atoms with van der Waals surface area (Å²) in [6.07, 6.45) is 5.82. The Kier molecular flexibility index (Phi) is 8.26. The van der Waals surface area contributed by atoms with Crippen LogP contribution in [0.15, 0.2) is 42.7 Å². The lowest BCUT2D eigenvalue weighted by Gasteiger charge is -2.22. The predicted molar refractivity (Wildman–Crippen MR) is 117 cm³/mol. The molecule has 3 aromatic heterocycles. The molecule has 0 bridgehead atoms. The van der Waals surface area contributed by atoms with Gasteiger partial charge in [0, 0.05) is 24.0 Å². The Morgan fingerprint density at radius 3 is 2.70 bits per heavy atom. The molecular weight excluding hydrogens is 425 g/mol. The molecule has 0 aliphatic carbocycles. The van der Waals surface area contributed by atoms with Crippen molar-refractivity contribution >= 4 is 58.7 Å². The Morgan fingerprint density at radius 1 is 1.11 bits per heavy atom. The Balaban J connectivity index is 0.00000131. The molecule has 4 heterocycles. The molecule has 0 unspecified atom stereocenters. The fraction of sp³-hybridized carbons (Fsp3) is 0.278. The van der Waals surface area contributed by atoms with Crippen molar-refractivity contribution in [2.24, 2.45) is 0 Å². The molecule has 1 aliphatic heterocycles. The molecule has 2 N–H and O–H groups in total. The standard InChI is InChI=1S/C18H18ClN5S.2ClH/c19-16-10-13(6-9-21-16)15-11-22-18(25-15)24-17-3-1-2-14(23-17)12-4-7-20-8-5-12;;/h1-3,6,9-12,20H,4-5,7-8H2,(H,22,23,24);2*1H. The summed E-state index contributed by atoms with van der Waals surface area (Å²) >= 11 is 7.54. The molecule has 1 aliphatic rings. The number of anilines is 2. The molecule has 0 amide bonds. The fourth-order valence-electron chi connectivity index (χ4n) is 3.00. The van der Waals surface area contributed by atoms with E-state index in [1.807, 2.05) is 24.4 Å². The van der Waals surface area contributed by atoms with Gasteiger partial charge in [-0.25, -0.2) is 15.0 Å². The smallest absolute Gasteiger partial charge is 0.188 e. The highest BCUT2D eigenvalue weighted by molar-refractivity contribution is 7.18. The van der Waals surface area contributed by atoms with Gasteiger partial charge in [-0.1, -0.05) is 29.0 Å². The van der Waals surface area contributed by atoms with Crippen molar-refractivity contribution < 1.29 is 0 Å². The highest BCUT2D eigenvalue weighted by atomic mass is 35.5. The number of rotatable bonds is 4. The zero-order valence-electron chi connectivity index (χ0n) is 14.4. The quantitative estimate of drug-likeness (QED) is 0.534. The van der Waals surface area contributed by atoms with E-state index in [0.29, 0.717) is 11.1 Å². The van der Waals surface area contributed by atoms with Crippen LogP contribution in [0.5, 0.6) is 0 Å². The zero-order valence-corrected chi connectivity index (χ0v) is 17.6. The van der Waals surface area contributed by atoms with Gasteiger partial charge in [-0.3, -0.25) is 0 Å². The molecule has 144 valence electrons. The van der Waals surface area contributed by atoms with Crippen LogP contribution >= 0.6 is 47.8 Å². The molecule has 5 nitrogen and oxygen atoms in total. The number of piperidine rings is 1. The Labute approximate surface area is 179 Å². The normalized spacial score (nSPS) is 14.1. The molecule has 27 heavy (non-hydrogen) atoms. The van der Waals surface area contributed by atoms with Crippen molar-refractivity contribution in [3.63, 3.8) is 0 Å². The average molecular weight is 445 g/mol. The first-order valence-electron chi connectivity index (χ1n) is 8.30. The first-order chi connectivity index (χ1) is 12.3. The van der Waals surface area contributed by atoms with Gasteiger partial charge in [-0.2, -0.15) is 0 Å². The van der Waals surface area contributed by atoms with Gasteiger partial charge in [0.25, 0.3) is 0 Å². The largest absolute Gasteiger partial charge is 0.317 e. The summed E-state index contributed by atoms with van der Waals surface area (Å²) in [6.45, 7) is 2.13. The first kappa shape index (κ1) is 21.9. The minimum absolute atomic E-state index is 0. The minimum atomic E-state index is 0. The lowest BCUT2D eigenvalue weighted by atomic mass is 9.94. The van der Waals surface area contributed by atoms with Crippen LogP contribution in [0.2, 0.25) is 5.15 Å². The number of halogens is 3. The molecule has 9 heteroatoms. The van der Waals surface area contributed by atoms with E-state index in [2.05, 4.69) is 32.7 Å². The zero-order chi connectivity index (χ0) is 17.1. The second kappa shape index (κ2) is 10.2. The molecule has 0 saturated carbocycles. The van der Waals surface area contributed by atoms with Gasteiger partial charge < -0.3 is 10.6 Å². The van der Waals surface area contributed by atoms with Crippen molar-refractivity contribution in [1.29, 1.82) is 0 Å². The van der Waals surface area contributed by atoms with Gasteiger partial charge in [-0.15, -0.1) is 24.8 Å². The monoisotopic (exact) mass is 443 g/mol. The van der Waals surface area contributed by atoms with Crippen LogP contribution < -0.4 is 10.6 Å². The van der Waals surface area contributed by atoms with Crippen LogP contribution in [-0.2, 0) is 0 Å². The Hall–Kier alpha value is -1.44. The summed E-state index contributed by atoms with van der Waals surface area (Å²) in [6, 6.07) is 9.93. The van der Waals surface area contributed by atoms with Gasteiger partial charge in [-0.05, 0) is 55.8 Å². The van der Waals surface area contributed by atoms with E-state index < -0.39 is 0 Å². The third kappa shape index (κ3) is 5.53. The van der Waals surface area contributed by atoms with Crippen LogP contribution in [0.1, 0.15) is 24.5 Å². The molecule has 1 fully saturated rings. The molecule has 0 aromatic carbocycles. The number of thiazole rings is 1. The fourth-order valence-corrected chi connectivity index (χ4v) is 3.99. The topological polar surface area (TPSA) is 62.7 Å². The van der Waals surface area contributed by atoms with Gasteiger partial charge in [0.05, 0.1) is 4.88 Å². The highest BCUT2D eigenvalue weighted by Gasteiger charge is 2.16. The maximum Gasteiger partial charge on any atom is 0.188 e. The maximum atomic E-state index is 5.97. The second-order valence-electron chi connectivity index (χ2n) is 5.99. The number of nitrogens with zero attached hydrogens (tertiary/aromatic N) is 3. The Morgan fingerprint density at radius 2 is 1.93 bits per heavy atom. The van der Waals surface area contributed by atoms with E-state index in [1.165, 1.54) is 0 Å². The number of hydrogen-bond donors (Lipinski definition) is 2. The molecule has 4 rings (SSSR count). The van der Waals surface area contributed by atoms with E-state index >= 15 is 0 Å². The van der Waals surface area contributed by atoms with Crippen molar-refractivity contribution in [3.8, 4) is 10.4 Å². The van der Waals surface area contributed by atoms with Crippen LogP contribution in [0, 0.1) is 0 Å². The van der Waals surface area contributed by atoms with Gasteiger partial charge in [0.2, 0.25) is 0 Å². The van der Waals surface area contributed by atoms with E-state index in [1.54, 1.807) is 17.5 Å². The number of hydrogen-bond acceptors (Lipinski definition) is 6. The molecule has 0 atom stereocenters. The van der Waals surface area contributed by atoms with Crippen molar-refractivity contribution in [3.05, 3.63) is 53.6 Å². The maximum absolute atomic E-state index is 5.97. The van der Waals surface area contributed by atoms with Crippen molar-refractivity contribution in [2.75, 3.05) is 18.4 Å². The predicted octanol–water partition coefficient (Wildman–Crippen LogP) is 5.31. The third-order valence-corrected chi connectivity index (χ3v) is 5.45. The summed E-state index contributed by atoms with van der Waals surface area (Å²) in [7, 11) is 0. The van der Waals surface area contributed by atoms with Crippen molar-refractivity contribution in [1.82, 2.24) is 20.3 Å². The molecule has 3 aromatic rings. The Bertz CT molecular complexity index is 867. The highest BCUT2D eigenvalue weighted by Crippen LogP contribution is 2.31. The molecular formula is C18H20Cl3N5S. The van der Waals surface area contributed by atoms with Gasteiger partial charge in [0.15, 0.2) is 5.13 Å². The molecule has 0 spiro atoms. The number of aromatic nitrogens is 3. The van der Waals surface area contributed by atoms with Crippen LogP contribution in [0.25, 0.3) is 10.4 Å². The summed E-state index contributed by atoms with van der Waals surface area (Å²) in [4.78, 5) is 14.3. The van der Waals surface area contributed by atoms with E-state index in [9.17, 15) is 0 Å². The average Bonchev–Trinajstić information content (AvgIpc) is 3.11. The molecule has 1 saturated heterocycles. The van der Waals surface area contributed by atoms with Crippen molar-refractivity contribution in [2.45, 2.75) is 18.8 Å². The van der Waals surface area contributed by atoms with Crippen LogP contribution in [0.4, 0.5) is 10.9 Å². The summed E-state index contributed by atoms with van der Waals surface area (Å²) in [5, 5.41) is 8.02. The number of nitrogens with one attached hydrogen (secondary N) is 2. The van der Waals surface area contributed by atoms with Crippen LogP contribution in [-0.4, -0.2) is 28.0 Å². The summed E-state index contributed by atoms with van der Waals surface area (Å²) in [5.41, 5.74) is 2.17. The van der Waals surface area contributed by atoms with E-state index in [-0.39, 0.29) is 24.8 Å².